The minimum atomic E-state index is 0.556. The highest BCUT2D eigenvalue weighted by Crippen LogP contribution is 2.25. The molecule has 1 saturated carbocycles. The molecular formula is C7H13IO. The van der Waals surface area contributed by atoms with Gasteiger partial charge < -0.3 is 4.74 Å². The average molecular weight is 240 g/mol. The summed E-state index contributed by atoms with van der Waals surface area (Å²) < 4.78 is 6.12. The van der Waals surface area contributed by atoms with Crippen LogP contribution in [0.3, 0.4) is 0 Å². The lowest BCUT2D eigenvalue weighted by molar-refractivity contribution is 0.0745. The fourth-order valence-electron chi connectivity index (χ4n) is 1.30. The summed E-state index contributed by atoms with van der Waals surface area (Å²) in [6.07, 6.45) is 5.83. The first kappa shape index (κ1) is 7.79. The molecule has 2 atom stereocenters. The van der Waals surface area contributed by atoms with Crippen molar-refractivity contribution in [3.05, 3.63) is 0 Å². The van der Waals surface area contributed by atoms with Crippen molar-refractivity contribution in [1.82, 2.24) is 0 Å². The van der Waals surface area contributed by atoms with Crippen LogP contribution in [0.2, 0.25) is 0 Å². The van der Waals surface area contributed by atoms with Crippen LogP contribution >= 0.6 is 22.6 Å². The predicted molar refractivity (Wildman–Crippen MR) is 47.1 cm³/mol. The van der Waals surface area contributed by atoms with Crippen molar-refractivity contribution in [1.29, 1.82) is 0 Å². The summed E-state index contributed by atoms with van der Waals surface area (Å²) in [5.74, 6) is 0. The lowest BCUT2D eigenvalue weighted by atomic mass is 9.98. The van der Waals surface area contributed by atoms with Gasteiger partial charge in [-0.05, 0) is 25.7 Å². The van der Waals surface area contributed by atoms with Gasteiger partial charge in [-0.25, -0.2) is 0 Å². The van der Waals surface area contributed by atoms with Crippen molar-refractivity contribution < 1.29 is 4.74 Å². The highest BCUT2D eigenvalue weighted by Gasteiger charge is 2.18. The molecule has 0 saturated heterocycles. The molecule has 1 fully saturated rings. The predicted octanol–water partition coefficient (Wildman–Crippen LogP) is 2.38. The third kappa shape index (κ3) is 2.42. The molecule has 0 unspecified atom stereocenters. The molecule has 0 heterocycles. The molecule has 0 aromatic carbocycles. The monoisotopic (exact) mass is 240 g/mol. The van der Waals surface area contributed by atoms with Crippen molar-refractivity contribution in [2.45, 2.75) is 35.7 Å². The molecule has 0 aromatic heterocycles. The van der Waals surface area contributed by atoms with Crippen molar-refractivity contribution in [3.63, 3.8) is 0 Å². The van der Waals surface area contributed by atoms with E-state index in [1.807, 2.05) is 7.11 Å². The molecule has 1 rings (SSSR count). The Hall–Kier alpha value is 0.690. The van der Waals surface area contributed by atoms with Gasteiger partial charge in [-0.1, -0.05) is 22.6 Å². The highest BCUT2D eigenvalue weighted by atomic mass is 127. The molecule has 1 aliphatic rings. The van der Waals surface area contributed by atoms with Crippen LogP contribution in [-0.4, -0.2) is 17.1 Å². The van der Waals surface area contributed by atoms with E-state index < -0.39 is 0 Å². The summed E-state index contributed by atoms with van der Waals surface area (Å²) in [5, 5.41) is 0. The van der Waals surface area contributed by atoms with E-state index >= 15 is 0 Å². The van der Waals surface area contributed by atoms with Crippen LogP contribution < -0.4 is 0 Å². The Morgan fingerprint density at radius 3 is 2.67 bits per heavy atom. The third-order valence-electron chi connectivity index (χ3n) is 1.90. The molecule has 0 bridgehead atoms. The van der Waals surface area contributed by atoms with Crippen LogP contribution in [0.15, 0.2) is 0 Å². The lowest BCUT2D eigenvalue weighted by Gasteiger charge is -2.23. The maximum absolute atomic E-state index is 5.26. The standard InChI is InChI=1S/C7H13IO/c1-9-7-4-2-3-6(8)5-7/h6-7H,2-5H2,1H3/t6-,7-/m1/s1. The summed E-state index contributed by atoms with van der Waals surface area (Å²) in [7, 11) is 1.82. The van der Waals surface area contributed by atoms with Gasteiger partial charge >= 0.3 is 0 Å². The van der Waals surface area contributed by atoms with Crippen LogP contribution in [0.25, 0.3) is 0 Å². The first-order valence-corrected chi connectivity index (χ1v) is 4.74. The van der Waals surface area contributed by atoms with Gasteiger partial charge in [0, 0.05) is 11.0 Å². The van der Waals surface area contributed by atoms with Gasteiger partial charge in [0.2, 0.25) is 0 Å². The van der Waals surface area contributed by atoms with E-state index in [1.54, 1.807) is 0 Å². The Labute approximate surface area is 70.3 Å². The summed E-state index contributed by atoms with van der Waals surface area (Å²) in [4.78, 5) is 0. The maximum atomic E-state index is 5.26. The molecule has 2 heteroatoms. The van der Waals surface area contributed by atoms with E-state index in [0.717, 1.165) is 3.92 Å². The maximum Gasteiger partial charge on any atom is 0.0581 e. The summed E-state index contributed by atoms with van der Waals surface area (Å²) in [6.45, 7) is 0. The number of hydrogen-bond donors (Lipinski definition) is 0. The van der Waals surface area contributed by atoms with Crippen molar-refractivity contribution >= 4 is 22.6 Å². The first-order valence-electron chi connectivity index (χ1n) is 3.50. The van der Waals surface area contributed by atoms with E-state index in [-0.39, 0.29) is 0 Å². The zero-order chi connectivity index (χ0) is 6.69. The second kappa shape index (κ2) is 3.76. The zero-order valence-electron chi connectivity index (χ0n) is 5.77. The molecule has 0 aromatic rings. The van der Waals surface area contributed by atoms with E-state index in [2.05, 4.69) is 22.6 Å². The molecule has 1 aliphatic carbocycles. The van der Waals surface area contributed by atoms with Crippen LogP contribution in [0.1, 0.15) is 25.7 Å². The molecule has 0 spiro atoms. The quantitative estimate of drug-likeness (QED) is 0.505. The van der Waals surface area contributed by atoms with Crippen molar-refractivity contribution in [2.24, 2.45) is 0 Å². The van der Waals surface area contributed by atoms with Crippen LogP contribution in [-0.2, 0) is 4.74 Å². The minimum absolute atomic E-state index is 0.556. The van der Waals surface area contributed by atoms with Crippen molar-refractivity contribution in [3.8, 4) is 0 Å². The Bertz CT molecular complexity index is 85.0. The number of halogens is 1. The highest BCUT2D eigenvalue weighted by molar-refractivity contribution is 14.1. The number of alkyl halides is 1. The number of rotatable bonds is 1. The fraction of sp³-hybridized carbons (Fsp3) is 1.00. The van der Waals surface area contributed by atoms with Gasteiger partial charge in [0.25, 0.3) is 0 Å². The summed E-state index contributed by atoms with van der Waals surface area (Å²) in [5.41, 5.74) is 0. The van der Waals surface area contributed by atoms with E-state index in [1.165, 1.54) is 25.7 Å². The molecule has 9 heavy (non-hydrogen) atoms. The topological polar surface area (TPSA) is 9.23 Å². The van der Waals surface area contributed by atoms with Gasteiger partial charge in [0.1, 0.15) is 0 Å². The number of hydrogen-bond acceptors (Lipinski definition) is 1. The fourth-order valence-corrected chi connectivity index (χ4v) is 2.31. The Balaban J connectivity index is 2.23. The largest absolute Gasteiger partial charge is 0.381 e. The number of ether oxygens (including phenoxy) is 1. The molecule has 54 valence electrons. The molecule has 1 nitrogen and oxygen atoms in total. The zero-order valence-corrected chi connectivity index (χ0v) is 7.93. The first-order chi connectivity index (χ1) is 4.33. The third-order valence-corrected chi connectivity index (χ3v) is 3.03. The Morgan fingerprint density at radius 2 is 2.22 bits per heavy atom. The van der Waals surface area contributed by atoms with Crippen molar-refractivity contribution in [2.75, 3.05) is 7.11 Å². The van der Waals surface area contributed by atoms with Gasteiger partial charge in [0.05, 0.1) is 6.10 Å². The van der Waals surface area contributed by atoms with E-state index in [4.69, 9.17) is 4.74 Å². The second-order valence-electron chi connectivity index (χ2n) is 2.62. The molecular weight excluding hydrogens is 227 g/mol. The molecule has 0 amide bonds. The second-order valence-corrected chi connectivity index (χ2v) is 4.38. The summed E-state index contributed by atoms with van der Waals surface area (Å²) in [6, 6.07) is 0. The Morgan fingerprint density at radius 1 is 1.44 bits per heavy atom. The number of methoxy groups -OCH3 is 1. The van der Waals surface area contributed by atoms with E-state index in [9.17, 15) is 0 Å². The molecule has 0 N–H and O–H groups in total. The Kier molecular flexibility index (Phi) is 3.26. The smallest absolute Gasteiger partial charge is 0.0581 e. The average Bonchev–Trinajstić information content (AvgIpc) is 1.88. The van der Waals surface area contributed by atoms with Gasteiger partial charge in [0.15, 0.2) is 0 Å². The lowest BCUT2D eigenvalue weighted by Crippen LogP contribution is -2.21. The van der Waals surface area contributed by atoms with E-state index in [0.29, 0.717) is 6.10 Å². The van der Waals surface area contributed by atoms with Crippen LogP contribution in [0, 0.1) is 0 Å². The molecule has 0 radical (unpaired) electrons. The minimum Gasteiger partial charge on any atom is -0.381 e. The van der Waals surface area contributed by atoms with Gasteiger partial charge in [-0.15, -0.1) is 0 Å². The SMILES string of the molecule is CO[C@@H]1CCC[C@@H](I)C1. The van der Waals surface area contributed by atoms with Gasteiger partial charge in [-0.3, -0.25) is 0 Å². The van der Waals surface area contributed by atoms with Crippen LogP contribution in [0.4, 0.5) is 0 Å². The normalized spacial score (nSPS) is 36.7. The summed E-state index contributed by atoms with van der Waals surface area (Å²) >= 11 is 2.52. The van der Waals surface area contributed by atoms with Crippen LogP contribution in [0.5, 0.6) is 0 Å². The molecule has 0 aliphatic heterocycles. The van der Waals surface area contributed by atoms with Gasteiger partial charge in [-0.2, -0.15) is 0 Å².